The molecule has 0 spiro atoms. The molecule has 2 rings (SSSR count). The van der Waals surface area contributed by atoms with Crippen LogP contribution in [-0.2, 0) is 17.6 Å². The van der Waals surface area contributed by atoms with Crippen LogP contribution < -0.4 is 10.6 Å². The highest BCUT2D eigenvalue weighted by molar-refractivity contribution is 6.03. The first kappa shape index (κ1) is 13.6. The Morgan fingerprint density at radius 2 is 1.89 bits per heavy atom. The van der Waals surface area contributed by atoms with Crippen LogP contribution in [0.3, 0.4) is 0 Å². The number of carbonyl (C=O) groups is 1. The molecule has 0 aliphatic carbocycles. The topological polar surface area (TPSA) is 79.8 Å². The first-order chi connectivity index (χ1) is 9.15. The minimum atomic E-state index is -0.149. The van der Waals surface area contributed by atoms with Crippen molar-refractivity contribution in [3.63, 3.8) is 0 Å². The zero-order chi connectivity index (χ0) is 13.8. The molecular formula is C13H19N5O. The van der Waals surface area contributed by atoms with E-state index >= 15 is 0 Å². The van der Waals surface area contributed by atoms with Crippen LogP contribution in [0, 0.1) is 0 Å². The van der Waals surface area contributed by atoms with Gasteiger partial charge in [-0.25, -0.2) is 4.98 Å². The molecule has 19 heavy (non-hydrogen) atoms. The molecule has 2 heterocycles. The summed E-state index contributed by atoms with van der Waals surface area (Å²) in [4.78, 5) is 16.3. The Morgan fingerprint density at radius 3 is 2.42 bits per heavy atom. The summed E-state index contributed by atoms with van der Waals surface area (Å²) in [6.45, 7) is 7.42. The van der Waals surface area contributed by atoms with E-state index in [0.29, 0.717) is 0 Å². The lowest BCUT2D eigenvalue weighted by molar-refractivity contribution is -0.112. The summed E-state index contributed by atoms with van der Waals surface area (Å²) < 4.78 is 0. The van der Waals surface area contributed by atoms with Gasteiger partial charge in [-0.3, -0.25) is 10.1 Å². The van der Waals surface area contributed by atoms with Crippen LogP contribution in [-0.4, -0.2) is 34.2 Å². The number of nitrogens with one attached hydrogen (secondary N) is 2. The highest BCUT2D eigenvalue weighted by atomic mass is 16.1. The van der Waals surface area contributed by atoms with Gasteiger partial charge < -0.3 is 5.32 Å². The Morgan fingerprint density at radius 1 is 1.21 bits per heavy atom. The van der Waals surface area contributed by atoms with Crippen molar-refractivity contribution in [3.05, 3.63) is 22.5 Å². The number of hydrogen-bond acceptors (Lipinski definition) is 5. The number of aromatic nitrogens is 3. The molecule has 1 aliphatic rings. The van der Waals surface area contributed by atoms with E-state index in [1.54, 1.807) is 0 Å². The van der Waals surface area contributed by atoms with E-state index in [9.17, 15) is 4.79 Å². The van der Waals surface area contributed by atoms with Crippen LogP contribution in [0.5, 0.6) is 0 Å². The summed E-state index contributed by atoms with van der Waals surface area (Å²) in [6, 6.07) is 0. The van der Waals surface area contributed by atoms with Crippen molar-refractivity contribution in [2.75, 3.05) is 18.4 Å². The molecule has 2 N–H and O–H groups in total. The lowest BCUT2D eigenvalue weighted by Gasteiger charge is -2.21. The lowest BCUT2D eigenvalue weighted by atomic mass is 10.0. The Labute approximate surface area is 112 Å². The molecule has 0 saturated carbocycles. The molecule has 0 radical (unpaired) electrons. The zero-order valence-electron chi connectivity index (χ0n) is 11.6. The van der Waals surface area contributed by atoms with Crippen LogP contribution in [0.25, 0.3) is 0 Å². The summed E-state index contributed by atoms with van der Waals surface area (Å²) in [7, 11) is 0. The monoisotopic (exact) mass is 261 g/mol. The normalized spacial score (nSPS) is 13.9. The SMILES string of the molecule is CCc1nnc(NC(=O)C(C)=C2CNC2)nc1CC. The lowest BCUT2D eigenvalue weighted by Crippen LogP contribution is -2.36. The maximum atomic E-state index is 12.0. The number of rotatable bonds is 4. The summed E-state index contributed by atoms with van der Waals surface area (Å²) in [5.74, 6) is 0.135. The molecule has 0 bridgehead atoms. The third kappa shape index (κ3) is 2.96. The standard InChI is InChI=1S/C13H19N5O/c1-4-10-11(5-2)17-18-13(15-10)16-12(19)8(3)9-6-14-7-9/h14H,4-7H2,1-3H3,(H,15,16,18,19). The summed E-state index contributed by atoms with van der Waals surface area (Å²) in [5.41, 5.74) is 3.65. The van der Waals surface area contributed by atoms with E-state index in [1.165, 1.54) is 0 Å². The first-order valence-electron chi connectivity index (χ1n) is 6.58. The zero-order valence-corrected chi connectivity index (χ0v) is 11.6. The van der Waals surface area contributed by atoms with Crippen molar-refractivity contribution in [1.82, 2.24) is 20.5 Å². The van der Waals surface area contributed by atoms with Gasteiger partial charge in [0, 0.05) is 18.7 Å². The number of aryl methyl sites for hydroxylation is 2. The Balaban J connectivity index is 2.13. The predicted octanol–water partition coefficient (Wildman–Crippen LogP) is 0.855. The summed E-state index contributed by atoms with van der Waals surface area (Å²) in [6.07, 6.45) is 1.58. The molecule has 1 aromatic heterocycles. The molecule has 1 saturated heterocycles. The van der Waals surface area contributed by atoms with Gasteiger partial charge in [0.1, 0.15) is 0 Å². The van der Waals surface area contributed by atoms with Crippen LogP contribution >= 0.6 is 0 Å². The van der Waals surface area contributed by atoms with E-state index in [2.05, 4.69) is 25.8 Å². The van der Waals surface area contributed by atoms with Crippen LogP contribution in [0.4, 0.5) is 5.95 Å². The summed E-state index contributed by atoms with van der Waals surface area (Å²) in [5, 5.41) is 13.9. The van der Waals surface area contributed by atoms with Gasteiger partial charge in [0.15, 0.2) is 0 Å². The summed E-state index contributed by atoms with van der Waals surface area (Å²) >= 11 is 0. The Bertz CT molecular complexity index is 518. The fraction of sp³-hybridized carbons (Fsp3) is 0.538. The van der Waals surface area contributed by atoms with Crippen molar-refractivity contribution < 1.29 is 4.79 Å². The highest BCUT2D eigenvalue weighted by Gasteiger charge is 2.17. The second kappa shape index (κ2) is 5.88. The van der Waals surface area contributed by atoms with Gasteiger partial charge in [-0.2, -0.15) is 0 Å². The quantitative estimate of drug-likeness (QED) is 0.786. The third-order valence-electron chi connectivity index (χ3n) is 3.28. The first-order valence-corrected chi connectivity index (χ1v) is 6.58. The molecule has 1 aliphatic heterocycles. The molecule has 1 aromatic rings. The average Bonchev–Trinajstić information content (AvgIpc) is 2.36. The Kier molecular flexibility index (Phi) is 4.21. The predicted molar refractivity (Wildman–Crippen MR) is 72.8 cm³/mol. The molecule has 0 atom stereocenters. The van der Waals surface area contributed by atoms with Gasteiger partial charge in [-0.15, -0.1) is 10.2 Å². The number of anilines is 1. The van der Waals surface area contributed by atoms with Crippen molar-refractivity contribution >= 4 is 11.9 Å². The maximum Gasteiger partial charge on any atom is 0.253 e. The van der Waals surface area contributed by atoms with Crippen molar-refractivity contribution in [1.29, 1.82) is 0 Å². The maximum absolute atomic E-state index is 12.0. The van der Waals surface area contributed by atoms with E-state index in [1.807, 2.05) is 20.8 Å². The molecule has 6 heteroatoms. The fourth-order valence-corrected chi connectivity index (χ4v) is 1.86. The van der Waals surface area contributed by atoms with E-state index in [0.717, 1.165) is 48.5 Å². The van der Waals surface area contributed by atoms with E-state index in [4.69, 9.17) is 0 Å². The molecule has 0 aromatic carbocycles. The van der Waals surface area contributed by atoms with Crippen molar-refractivity contribution in [3.8, 4) is 0 Å². The van der Waals surface area contributed by atoms with Gasteiger partial charge in [0.05, 0.1) is 11.4 Å². The van der Waals surface area contributed by atoms with E-state index in [-0.39, 0.29) is 11.9 Å². The minimum absolute atomic E-state index is 0.149. The van der Waals surface area contributed by atoms with Gasteiger partial charge in [0.25, 0.3) is 5.91 Å². The molecule has 6 nitrogen and oxygen atoms in total. The molecule has 1 fully saturated rings. The van der Waals surface area contributed by atoms with Gasteiger partial charge in [-0.05, 0) is 25.3 Å². The third-order valence-corrected chi connectivity index (χ3v) is 3.28. The van der Waals surface area contributed by atoms with Gasteiger partial charge >= 0.3 is 0 Å². The fourth-order valence-electron chi connectivity index (χ4n) is 1.86. The molecule has 1 amide bonds. The average molecular weight is 261 g/mol. The molecule has 0 unspecified atom stereocenters. The number of hydrogen-bond donors (Lipinski definition) is 2. The van der Waals surface area contributed by atoms with Crippen LogP contribution in [0.15, 0.2) is 11.1 Å². The second-order valence-electron chi connectivity index (χ2n) is 4.52. The Hall–Kier alpha value is -1.82. The van der Waals surface area contributed by atoms with Crippen LogP contribution in [0.2, 0.25) is 0 Å². The van der Waals surface area contributed by atoms with Gasteiger partial charge in [-0.1, -0.05) is 13.8 Å². The minimum Gasteiger partial charge on any atom is -0.309 e. The highest BCUT2D eigenvalue weighted by Crippen LogP contribution is 2.12. The largest absolute Gasteiger partial charge is 0.309 e. The smallest absolute Gasteiger partial charge is 0.253 e. The number of nitrogens with zero attached hydrogens (tertiary/aromatic N) is 3. The van der Waals surface area contributed by atoms with Gasteiger partial charge in [0.2, 0.25) is 5.95 Å². The van der Waals surface area contributed by atoms with Crippen LogP contribution in [0.1, 0.15) is 32.2 Å². The van der Waals surface area contributed by atoms with Crippen molar-refractivity contribution in [2.24, 2.45) is 0 Å². The molecule has 102 valence electrons. The van der Waals surface area contributed by atoms with Crippen molar-refractivity contribution in [2.45, 2.75) is 33.6 Å². The number of amides is 1. The molecular weight excluding hydrogens is 242 g/mol. The second-order valence-corrected chi connectivity index (χ2v) is 4.52. The van der Waals surface area contributed by atoms with E-state index < -0.39 is 0 Å². The number of carbonyl (C=O) groups excluding carboxylic acids is 1.